The molecule has 2 amide bonds. The van der Waals surface area contributed by atoms with E-state index in [0.29, 0.717) is 13.1 Å². The SMILES string of the molecule is CCC(CC)C(NC(C)=O)C1C(N=C(N)N)CC(C(=O)O)C1OC(=O)NCCCCCCN. The number of hydrogen-bond donors (Lipinski definition) is 6. The van der Waals surface area contributed by atoms with E-state index in [2.05, 4.69) is 15.6 Å². The van der Waals surface area contributed by atoms with Gasteiger partial charge in [0.25, 0.3) is 0 Å². The molecule has 0 radical (unpaired) electrons. The second kappa shape index (κ2) is 14.6. The fourth-order valence-corrected chi connectivity index (χ4v) is 4.75. The van der Waals surface area contributed by atoms with Crippen molar-refractivity contribution in [3.05, 3.63) is 0 Å². The van der Waals surface area contributed by atoms with Crippen molar-refractivity contribution in [1.82, 2.24) is 10.6 Å². The molecule has 0 aliphatic heterocycles. The molecule has 1 aliphatic carbocycles. The molecule has 1 rings (SSSR count). The molecular weight excluding hydrogens is 428 g/mol. The minimum Gasteiger partial charge on any atom is -0.481 e. The lowest BCUT2D eigenvalue weighted by Gasteiger charge is -2.36. The Kier molecular flexibility index (Phi) is 12.6. The van der Waals surface area contributed by atoms with Crippen LogP contribution in [-0.4, -0.2) is 60.3 Å². The highest BCUT2D eigenvalue weighted by Gasteiger charge is 2.53. The average Bonchev–Trinajstić information content (AvgIpc) is 3.07. The van der Waals surface area contributed by atoms with Crippen LogP contribution in [0, 0.1) is 17.8 Å². The molecule has 11 heteroatoms. The quantitative estimate of drug-likeness (QED) is 0.122. The Bertz CT molecular complexity index is 666. The Labute approximate surface area is 196 Å². The lowest BCUT2D eigenvalue weighted by Crippen LogP contribution is -2.52. The highest BCUT2D eigenvalue weighted by molar-refractivity contribution is 5.77. The van der Waals surface area contributed by atoms with Crippen molar-refractivity contribution in [3.8, 4) is 0 Å². The molecular formula is C22H42N6O5. The van der Waals surface area contributed by atoms with Gasteiger partial charge in [0.15, 0.2) is 5.96 Å². The standard InChI is InChI=1S/C22H42N6O5/c1-4-14(5-2)18(27-13(3)29)17-16(28-21(24)25)12-15(20(30)31)19(17)33-22(32)26-11-9-7-6-8-10-23/h14-19H,4-12,23H2,1-3H3,(H,26,32)(H,27,29)(H,30,31)(H4,24,25,28). The number of nitrogens with zero attached hydrogens (tertiary/aromatic N) is 1. The number of carboxylic acid groups (broad SMARTS) is 1. The number of carboxylic acids is 1. The minimum atomic E-state index is -1.10. The van der Waals surface area contributed by atoms with E-state index in [9.17, 15) is 19.5 Å². The first-order valence-electron chi connectivity index (χ1n) is 11.9. The molecule has 5 atom stereocenters. The maximum absolute atomic E-state index is 12.6. The highest BCUT2D eigenvalue weighted by Crippen LogP contribution is 2.41. The van der Waals surface area contributed by atoms with Gasteiger partial charge in [-0.15, -0.1) is 0 Å². The maximum Gasteiger partial charge on any atom is 0.407 e. The number of aliphatic carboxylic acids is 1. The Hall–Kier alpha value is -2.56. The minimum absolute atomic E-state index is 0.0276. The van der Waals surface area contributed by atoms with E-state index in [4.69, 9.17) is 21.9 Å². The summed E-state index contributed by atoms with van der Waals surface area (Å²) < 4.78 is 5.69. The topological polar surface area (TPSA) is 195 Å². The number of guanidine groups is 1. The number of amides is 2. The summed E-state index contributed by atoms with van der Waals surface area (Å²) in [6.07, 6.45) is 3.51. The van der Waals surface area contributed by atoms with Gasteiger partial charge in [-0.05, 0) is 31.7 Å². The molecule has 33 heavy (non-hydrogen) atoms. The van der Waals surface area contributed by atoms with E-state index in [0.717, 1.165) is 38.5 Å². The van der Waals surface area contributed by atoms with Crippen LogP contribution in [0.25, 0.3) is 0 Å². The van der Waals surface area contributed by atoms with Crippen LogP contribution in [0.15, 0.2) is 4.99 Å². The Morgan fingerprint density at radius 1 is 1.12 bits per heavy atom. The molecule has 0 aromatic carbocycles. The van der Waals surface area contributed by atoms with E-state index in [1.54, 1.807) is 0 Å². The second-order valence-electron chi connectivity index (χ2n) is 8.68. The van der Waals surface area contributed by atoms with E-state index < -0.39 is 42.1 Å². The highest BCUT2D eigenvalue weighted by atomic mass is 16.6. The molecule has 1 aliphatic rings. The number of hydrogen-bond acceptors (Lipinski definition) is 6. The van der Waals surface area contributed by atoms with Gasteiger partial charge in [0.2, 0.25) is 5.91 Å². The summed E-state index contributed by atoms with van der Waals surface area (Å²) in [7, 11) is 0. The predicted molar refractivity (Wildman–Crippen MR) is 126 cm³/mol. The molecule has 1 fully saturated rings. The van der Waals surface area contributed by atoms with Crippen molar-refractivity contribution in [2.45, 2.75) is 83.9 Å². The van der Waals surface area contributed by atoms with Crippen LogP contribution in [0.2, 0.25) is 0 Å². The Balaban J connectivity index is 3.14. The summed E-state index contributed by atoms with van der Waals surface area (Å²) in [4.78, 5) is 40.9. The number of aliphatic imine (C=N–C) groups is 1. The van der Waals surface area contributed by atoms with Crippen molar-refractivity contribution >= 4 is 23.9 Å². The summed E-state index contributed by atoms with van der Waals surface area (Å²) in [5.74, 6) is -3.09. The number of carbonyl (C=O) groups excluding carboxylic acids is 2. The summed E-state index contributed by atoms with van der Waals surface area (Å²) in [6, 6.07) is -1.06. The predicted octanol–water partition coefficient (Wildman–Crippen LogP) is 0.904. The van der Waals surface area contributed by atoms with Crippen molar-refractivity contribution in [1.29, 1.82) is 0 Å². The first kappa shape index (κ1) is 28.5. The maximum atomic E-state index is 12.6. The van der Waals surface area contributed by atoms with Crippen LogP contribution in [0.4, 0.5) is 4.79 Å². The molecule has 1 saturated carbocycles. The van der Waals surface area contributed by atoms with Crippen LogP contribution in [0.1, 0.15) is 65.7 Å². The van der Waals surface area contributed by atoms with Gasteiger partial charge in [0, 0.05) is 25.4 Å². The van der Waals surface area contributed by atoms with Crippen LogP contribution in [0.3, 0.4) is 0 Å². The smallest absolute Gasteiger partial charge is 0.407 e. The van der Waals surface area contributed by atoms with Crippen LogP contribution in [-0.2, 0) is 14.3 Å². The van der Waals surface area contributed by atoms with Gasteiger partial charge in [0.05, 0.1) is 12.0 Å². The molecule has 0 aromatic heterocycles. The lowest BCUT2D eigenvalue weighted by molar-refractivity contribution is -0.145. The second-order valence-corrected chi connectivity index (χ2v) is 8.68. The van der Waals surface area contributed by atoms with Crippen LogP contribution >= 0.6 is 0 Å². The number of ether oxygens (including phenoxy) is 1. The fourth-order valence-electron chi connectivity index (χ4n) is 4.75. The van der Waals surface area contributed by atoms with Crippen molar-refractivity contribution in [2.75, 3.05) is 13.1 Å². The van der Waals surface area contributed by atoms with E-state index >= 15 is 0 Å². The fraction of sp³-hybridized carbons (Fsp3) is 0.818. The van der Waals surface area contributed by atoms with Crippen molar-refractivity contribution < 1.29 is 24.2 Å². The van der Waals surface area contributed by atoms with Crippen LogP contribution < -0.4 is 27.8 Å². The number of unbranched alkanes of at least 4 members (excludes halogenated alkanes) is 3. The Morgan fingerprint density at radius 2 is 1.76 bits per heavy atom. The zero-order valence-corrected chi connectivity index (χ0v) is 20.1. The monoisotopic (exact) mass is 470 g/mol. The number of alkyl carbamates (subject to hydrolysis) is 1. The number of rotatable bonds is 14. The molecule has 9 N–H and O–H groups in total. The van der Waals surface area contributed by atoms with Gasteiger partial charge in [-0.2, -0.15) is 0 Å². The average molecular weight is 471 g/mol. The van der Waals surface area contributed by atoms with Gasteiger partial charge in [0.1, 0.15) is 6.10 Å². The van der Waals surface area contributed by atoms with E-state index in [1.165, 1.54) is 6.92 Å². The molecule has 0 heterocycles. The third-order valence-corrected chi connectivity index (χ3v) is 6.33. The largest absolute Gasteiger partial charge is 0.481 e. The normalized spacial score (nSPS) is 23.1. The number of carbonyl (C=O) groups is 3. The molecule has 0 aromatic rings. The molecule has 11 nitrogen and oxygen atoms in total. The van der Waals surface area contributed by atoms with Crippen molar-refractivity contribution in [2.24, 2.45) is 39.9 Å². The lowest BCUT2D eigenvalue weighted by atomic mass is 9.80. The van der Waals surface area contributed by atoms with Crippen LogP contribution in [0.5, 0.6) is 0 Å². The van der Waals surface area contributed by atoms with Crippen molar-refractivity contribution in [3.63, 3.8) is 0 Å². The third kappa shape index (κ3) is 9.07. The first-order valence-corrected chi connectivity index (χ1v) is 11.9. The summed E-state index contributed by atoms with van der Waals surface area (Å²) >= 11 is 0. The molecule has 0 bridgehead atoms. The van der Waals surface area contributed by atoms with E-state index in [-0.39, 0.29) is 24.2 Å². The van der Waals surface area contributed by atoms with Gasteiger partial charge < -0.3 is 37.7 Å². The number of nitrogens with two attached hydrogens (primary N) is 3. The summed E-state index contributed by atoms with van der Waals surface area (Å²) in [5.41, 5.74) is 16.7. The van der Waals surface area contributed by atoms with Gasteiger partial charge in [-0.1, -0.05) is 39.5 Å². The molecule has 5 unspecified atom stereocenters. The third-order valence-electron chi connectivity index (χ3n) is 6.33. The molecule has 190 valence electrons. The summed E-state index contributed by atoms with van der Waals surface area (Å²) in [5, 5.41) is 15.5. The molecule has 0 saturated heterocycles. The zero-order valence-electron chi connectivity index (χ0n) is 20.1. The first-order chi connectivity index (χ1) is 15.7. The van der Waals surface area contributed by atoms with E-state index in [1.807, 2.05) is 13.8 Å². The zero-order chi connectivity index (χ0) is 25.0. The van der Waals surface area contributed by atoms with Gasteiger partial charge >= 0.3 is 12.1 Å². The number of nitrogens with one attached hydrogen (secondary N) is 2. The van der Waals surface area contributed by atoms with Gasteiger partial charge in [-0.3, -0.25) is 9.59 Å². The Morgan fingerprint density at radius 3 is 2.27 bits per heavy atom. The summed E-state index contributed by atoms with van der Waals surface area (Å²) in [6.45, 7) is 6.45. The molecule has 0 spiro atoms. The van der Waals surface area contributed by atoms with Gasteiger partial charge in [-0.25, -0.2) is 9.79 Å².